The third-order valence-electron chi connectivity index (χ3n) is 5.13. The second-order valence-corrected chi connectivity index (χ2v) is 5.75. The van der Waals surface area contributed by atoms with Gasteiger partial charge in [-0.25, -0.2) is 0 Å². The molecule has 2 unspecified atom stereocenters. The van der Waals surface area contributed by atoms with E-state index in [2.05, 4.69) is 31.2 Å². The monoisotopic (exact) mass is 200 g/mol. The molecule has 3 aliphatic rings. The summed E-state index contributed by atoms with van der Waals surface area (Å²) >= 11 is 0. The molecular formula is C14H16O. The van der Waals surface area contributed by atoms with Crippen molar-refractivity contribution in [2.45, 2.75) is 43.1 Å². The average Bonchev–Trinajstić information content (AvgIpc) is 3.11. The Hall–Kier alpha value is -0.820. The number of hydrogen-bond acceptors (Lipinski definition) is 1. The Morgan fingerprint density at radius 2 is 1.80 bits per heavy atom. The van der Waals surface area contributed by atoms with Crippen molar-refractivity contribution in [3.63, 3.8) is 0 Å². The van der Waals surface area contributed by atoms with Crippen molar-refractivity contribution in [1.82, 2.24) is 0 Å². The summed E-state index contributed by atoms with van der Waals surface area (Å²) in [5.74, 6) is 0.675. The summed E-state index contributed by atoms with van der Waals surface area (Å²) in [4.78, 5) is 0. The molecule has 2 spiro atoms. The van der Waals surface area contributed by atoms with Gasteiger partial charge in [0.25, 0.3) is 0 Å². The minimum absolute atomic E-state index is 0.0996. The Kier molecular flexibility index (Phi) is 1.19. The van der Waals surface area contributed by atoms with Crippen LogP contribution in [0.25, 0.3) is 0 Å². The number of benzene rings is 1. The highest BCUT2D eigenvalue weighted by atomic mass is 16.3. The summed E-state index contributed by atoms with van der Waals surface area (Å²) in [6, 6.07) is 8.73. The zero-order valence-electron chi connectivity index (χ0n) is 9.03. The van der Waals surface area contributed by atoms with Crippen LogP contribution in [0, 0.1) is 5.92 Å². The first-order valence-corrected chi connectivity index (χ1v) is 6.00. The molecule has 0 heterocycles. The third kappa shape index (κ3) is 0.710. The van der Waals surface area contributed by atoms with Crippen LogP contribution in [-0.2, 0) is 10.8 Å². The lowest BCUT2D eigenvalue weighted by molar-refractivity contribution is 0.103. The van der Waals surface area contributed by atoms with Gasteiger partial charge >= 0.3 is 0 Å². The van der Waals surface area contributed by atoms with Crippen LogP contribution in [0.5, 0.6) is 0 Å². The van der Waals surface area contributed by atoms with Gasteiger partial charge in [0.2, 0.25) is 0 Å². The minimum atomic E-state index is -0.0996. The van der Waals surface area contributed by atoms with E-state index in [1.807, 2.05) is 0 Å². The summed E-state index contributed by atoms with van der Waals surface area (Å²) in [5, 5.41) is 10.6. The molecule has 0 aromatic heterocycles. The summed E-state index contributed by atoms with van der Waals surface area (Å²) in [6.07, 6.45) is 3.48. The molecule has 0 amide bonds. The highest BCUT2D eigenvalue weighted by Crippen LogP contribution is 2.72. The van der Waals surface area contributed by atoms with Crippen molar-refractivity contribution >= 4 is 0 Å². The second-order valence-electron chi connectivity index (χ2n) is 5.75. The molecule has 1 aromatic carbocycles. The summed E-state index contributed by atoms with van der Waals surface area (Å²) < 4.78 is 0. The van der Waals surface area contributed by atoms with Crippen molar-refractivity contribution in [2.75, 3.05) is 0 Å². The quantitative estimate of drug-likeness (QED) is 0.681. The fraction of sp³-hybridized carbons (Fsp3) is 0.571. The predicted molar refractivity (Wildman–Crippen MR) is 58.8 cm³/mol. The average molecular weight is 200 g/mol. The molecule has 15 heavy (non-hydrogen) atoms. The van der Waals surface area contributed by atoms with Gasteiger partial charge in [-0.05, 0) is 36.3 Å². The number of fused-ring (bicyclic) bond motifs is 3. The summed E-state index contributed by atoms with van der Waals surface area (Å²) in [5.41, 5.74) is 3.23. The maximum atomic E-state index is 10.6. The standard InChI is InChI=1S/C14H16O/c1-9-8-14(9)11-5-3-2-4-10(11)13(6-7-13)12(14)15/h2-5,9,12,15H,6-8H2,1H3/t9?,12-,14?/m0/s1. The van der Waals surface area contributed by atoms with E-state index in [0.717, 1.165) is 0 Å². The van der Waals surface area contributed by atoms with E-state index in [9.17, 15) is 5.11 Å². The second kappa shape index (κ2) is 2.15. The van der Waals surface area contributed by atoms with Gasteiger partial charge < -0.3 is 5.11 Å². The summed E-state index contributed by atoms with van der Waals surface area (Å²) in [6.45, 7) is 2.28. The van der Waals surface area contributed by atoms with Crippen LogP contribution in [0.1, 0.15) is 37.3 Å². The highest BCUT2D eigenvalue weighted by Gasteiger charge is 2.72. The van der Waals surface area contributed by atoms with Crippen molar-refractivity contribution in [1.29, 1.82) is 0 Å². The predicted octanol–water partition coefficient (Wildman–Crippen LogP) is 2.37. The van der Waals surface area contributed by atoms with Gasteiger partial charge in [-0.1, -0.05) is 31.2 Å². The lowest BCUT2D eigenvalue weighted by Crippen LogP contribution is -2.30. The van der Waals surface area contributed by atoms with Gasteiger partial charge in [0.1, 0.15) is 0 Å². The van der Waals surface area contributed by atoms with Crippen LogP contribution >= 0.6 is 0 Å². The molecule has 78 valence electrons. The van der Waals surface area contributed by atoms with E-state index < -0.39 is 0 Å². The molecule has 3 atom stereocenters. The fourth-order valence-electron chi connectivity index (χ4n) is 3.99. The highest BCUT2D eigenvalue weighted by molar-refractivity contribution is 5.56. The zero-order chi connectivity index (χ0) is 10.3. The first-order valence-electron chi connectivity index (χ1n) is 6.00. The largest absolute Gasteiger partial charge is 0.391 e. The first kappa shape index (κ1) is 8.35. The Labute approximate surface area is 90.1 Å². The van der Waals surface area contributed by atoms with E-state index in [1.54, 1.807) is 0 Å². The Morgan fingerprint density at radius 1 is 1.20 bits per heavy atom. The minimum Gasteiger partial charge on any atom is -0.391 e. The smallest absolute Gasteiger partial charge is 0.0736 e. The van der Waals surface area contributed by atoms with Crippen molar-refractivity contribution in [2.24, 2.45) is 5.92 Å². The molecule has 4 rings (SSSR count). The Morgan fingerprint density at radius 3 is 2.33 bits per heavy atom. The van der Waals surface area contributed by atoms with Gasteiger partial charge in [0.15, 0.2) is 0 Å². The number of aliphatic hydroxyl groups excluding tert-OH is 1. The zero-order valence-corrected chi connectivity index (χ0v) is 9.03. The molecule has 0 bridgehead atoms. The van der Waals surface area contributed by atoms with Crippen LogP contribution in [0.3, 0.4) is 0 Å². The summed E-state index contributed by atoms with van der Waals surface area (Å²) in [7, 11) is 0. The van der Waals surface area contributed by atoms with Crippen LogP contribution in [0.15, 0.2) is 24.3 Å². The lowest BCUT2D eigenvalue weighted by atomic mass is 9.91. The molecule has 1 aromatic rings. The molecular weight excluding hydrogens is 184 g/mol. The van der Waals surface area contributed by atoms with Crippen LogP contribution in [0.4, 0.5) is 0 Å². The normalized spacial score (nSPS) is 43.3. The third-order valence-corrected chi connectivity index (χ3v) is 5.13. The number of aliphatic hydroxyl groups is 1. The molecule has 2 saturated carbocycles. The van der Waals surface area contributed by atoms with E-state index in [0.29, 0.717) is 5.92 Å². The topological polar surface area (TPSA) is 20.2 Å². The maximum absolute atomic E-state index is 10.6. The van der Waals surface area contributed by atoms with E-state index in [1.165, 1.54) is 30.4 Å². The molecule has 0 saturated heterocycles. The fourth-order valence-corrected chi connectivity index (χ4v) is 3.99. The van der Waals surface area contributed by atoms with E-state index in [4.69, 9.17) is 0 Å². The molecule has 3 aliphatic carbocycles. The van der Waals surface area contributed by atoms with Gasteiger partial charge in [-0.15, -0.1) is 0 Å². The van der Waals surface area contributed by atoms with Crippen molar-refractivity contribution < 1.29 is 5.11 Å². The van der Waals surface area contributed by atoms with Crippen molar-refractivity contribution in [3.8, 4) is 0 Å². The molecule has 1 nitrogen and oxygen atoms in total. The van der Waals surface area contributed by atoms with E-state index in [-0.39, 0.29) is 16.9 Å². The SMILES string of the molecule is CC1CC12c1ccccc1C1(CC1)[C@@H]2O. The van der Waals surface area contributed by atoms with Gasteiger partial charge in [-0.2, -0.15) is 0 Å². The van der Waals surface area contributed by atoms with Crippen LogP contribution < -0.4 is 0 Å². The Balaban J connectivity index is 2.00. The van der Waals surface area contributed by atoms with Crippen molar-refractivity contribution in [3.05, 3.63) is 35.4 Å². The maximum Gasteiger partial charge on any atom is 0.0736 e. The Bertz CT molecular complexity index is 446. The molecule has 1 N–H and O–H groups in total. The number of rotatable bonds is 0. The van der Waals surface area contributed by atoms with E-state index >= 15 is 0 Å². The molecule has 2 fully saturated rings. The first-order chi connectivity index (χ1) is 7.22. The molecule has 1 heteroatoms. The van der Waals surface area contributed by atoms with Crippen LogP contribution in [-0.4, -0.2) is 11.2 Å². The lowest BCUT2D eigenvalue weighted by Gasteiger charge is -2.19. The van der Waals surface area contributed by atoms with Gasteiger partial charge in [0, 0.05) is 10.8 Å². The van der Waals surface area contributed by atoms with Gasteiger partial charge in [-0.3, -0.25) is 0 Å². The number of hydrogen-bond donors (Lipinski definition) is 1. The van der Waals surface area contributed by atoms with Gasteiger partial charge in [0.05, 0.1) is 6.10 Å². The van der Waals surface area contributed by atoms with Crippen LogP contribution in [0.2, 0.25) is 0 Å². The molecule has 0 aliphatic heterocycles. The molecule has 0 radical (unpaired) electrons.